The van der Waals surface area contributed by atoms with Crippen LogP contribution in [0.25, 0.3) is 11.4 Å². The van der Waals surface area contributed by atoms with Crippen molar-refractivity contribution in [2.75, 3.05) is 39.4 Å². The number of anilines is 1. The van der Waals surface area contributed by atoms with E-state index in [0.29, 0.717) is 28.0 Å². The number of methoxy groups -OCH3 is 2. The number of hydrogen-bond donors (Lipinski definition) is 1. The molecule has 0 atom stereocenters. The Morgan fingerprint density at radius 2 is 1.83 bits per heavy atom. The zero-order valence-electron chi connectivity index (χ0n) is 20.4. The molecule has 0 aliphatic heterocycles. The van der Waals surface area contributed by atoms with Gasteiger partial charge in [0.05, 0.1) is 30.4 Å². The lowest BCUT2D eigenvalue weighted by molar-refractivity contribution is -0.113. The van der Waals surface area contributed by atoms with E-state index in [1.54, 1.807) is 28.1 Å². The molecule has 0 spiro atoms. The van der Waals surface area contributed by atoms with Crippen LogP contribution >= 0.6 is 23.1 Å². The first kappa shape index (κ1) is 26.2. The third-order valence-electron chi connectivity index (χ3n) is 5.10. The number of thioether (sulfide) groups is 1. The van der Waals surface area contributed by atoms with Crippen molar-refractivity contribution in [3.05, 3.63) is 40.3 Å². The zero-order chi connectivity index (χ0) is 25.7. The van der Waals surface area contributed by atoms with Gasteiger partial charge in [-0.2, -0.15) is 0 Å². The van der Waals surface area contributed by atoms with Crippen molar-refractivity contribution in [1.82, 2.24) is 19.7 Å². The highest BCUT2D eigenvalue weighted by molar-refractivity contribution is 7.99. The summed E-state index contributed by atoms with van der Waals surface area (Å²) in [7, 11) is 6.11. The Labute approximate surface area is 211 Å². The maximum atomic E-state index is 12.8. The van der Waals surface area contributed by atoms with Crippen molar-refractivity contribution in [3.63, 3.8) is 0 Å². The fraction of sp³-hybridized carbons (Fsp3) is 0.348. The van der Waals surface area contributed by atoms with E-state index in [1.807, 2.05) is 35.8 Å². The fourth-order valence-electron chi connectivity index (χ4n) is 3.28. The molecule has 2 heterocycles. The van der Waals surface area contributed by atoms with Crippen LogP contribution in [0.1, 0.15) is 32.5 Å². The molecule has 1 aromatic carbocycles. The number of ether oxygens (including phenoxy) is 2. The molecule has 3 rings (SSSR count). The summed E-state index contributed by atoms with van der Waals surface area (Å²) in [6, 6.07) is 7.50. The van der Waals surface area contributed by atoms with E-state index in [0.717, 1.165) is 22.6 Å². The van der Waals surface area contributed by atoms with Gasteiger partial charge in [0.25, 0.3) is 5.91 Å². The quantitative estimate of drug-likeness (QED) is 0.338. The first-order chi connectivity index (χ1) is 16.7. The van der Waals surface area contributed by atoms with E-state index in [-0.39, 0.29) is 28.1 Å². The molecule has 0 radical (unpaired) electrons. The molecule has 0 saturated heterocycles. The van der Waals surface area contributed by atoms with Gasteiger partial charge in [0.15, 0.2) is 11.0 Å². The van der Waals surface area contributed by atoms with Crippen LogP contribution in [-0.4, -0.2) is 71.5 Å². The van der Waals surface area contributed by atoms with E-state index in [4.69, 9.17) is 9.47 Å². The number of rotatable bonds is 9. The van der Waals surface area contributed by atoms with E-state index in [2.05, 4.69) is 15.5 Å². The molecule has 35 heavy (non-hydrogen) atoms. The van der Waals surface area contributed by atoms with Crippen molar-refractivity contribution in [2.45, 2.75) is 25.5 Å². The van der Waals surface area contributed by atoms with Gasteiger partial charge in [0, 0.05) is 26.2 Å². The Bertz CT molecular complexity index is 1230. The molecule has 12 heteroatoms. The van der Waals surface area contributed by atoms with Crippen LogP contribution in [0.4, 0.5) is 5.00 Å². The number of benzene rings is 1. The number of carbonyl (C=O) groups is 3. The predicted octanol–water partition coefficient (Wildman–Crippen LogP) is 3.56. The maximum absolute atomic E-state index is 12.8. The number of esters is 1. The van der Waals surface area contributed by atoms with Crippen molar-refractivity contribution < 1.29 is 23.9 Å². The Hall–Kier alpha value is -3.38. The molecule has 0 fully saturated rings. The highest BCUT2D eigenvalue weighted by Crippen LogP contribution is 2.34. The smallest absolute Gasteiger partial charge is 0.341 e. The van der Waals surface area contributed by atoms with Gasteiger partial charge < -0.3 is 24.3 Å². The van der Waals surface area contributed by atoms with Crippen LogP contribution in [0.3, 0.4) is 0 Å². The van der Waals surface area contributed by atoms with Gasteiger partial charge in [0.2, 0.25) is 5.91 Å². The Morgan fingerprint density at radius 1 is 1.14 bits per heavy atom. The third-order valence-corrected chi connectivity index (χ3v) is 7.27. The second-order valence-corrected chi connectivity index (χ2v) is 9.53. The van der Waals surface area contributed by atoms with E-state index in [9.17, 15) is 14.4 Å². The third kappa shape index (κ3) is 5.65. The normalized spacial score (nSPS) is 10.7. The first-order valence-corrected chi connectivity index (χ1v) is 12.5. The number of aromatic nitrogens is 3. The minimum absolute atomic E-state index is 0.0370. The largest absolute Gasteiger partial charge is 0.497 e. The molecule has 186 valence electrons. The summed E-state index contributed by atoms with van der Waals surface area (Å²) in [5.74, 6) is 0.251. The summed E-state index contributed by atoms with van der Waals surface area (Å²) in [5, 5.41) is 12.2. The van der Waals surface area contributed by atoms with Crippen LogP contribution in [0.5, 0.6) is 5.75 Å². The average molecular weight is 518 g/mol. The van der Waals surface area contributed by atoms with Crippen LogP contribution < -0.4 is 10.1 Å². The minimum atomic E-state index is -0.616. The van der Waals surface area contributed by atoms with Gasteiger partial charge >= 0.3 is 5.97 Å². The van der Waals surface area contributed by atoms with Gasteiger partial charge in [-0.1, -0.05) is 11.8 Å². The van der Waals surface area contributed by atoms with Crippen LogP contribution in [0, 0.1) is 6.92 Å². The van der Waals surface area contributed by atoms with E-state index in [1.165, 1.54) is 23.8 Å². The Morgan fingerprint density at radius 3 is 2.40 bits per heavy atom. The Kier molecular flexibility index (Phi) is 8.52. The standard InChI is InChI=1S/C23H27N5O5S2/c1-7-28-19(14-8-10-15(32-5)11-9-14)25-26-23(28)34-12-16(29)24-20-17(22(31)33-6)13(2)18(35-20)21(30)27(3)4/h8-11H,7,12H2,1-6H3,(H,24,29). The number of nitrogens with one attached hydrogen (secondary N) is 1. The second-order valence-electron chi connectivity index (χ2n) is 7.57. The number of amides is 2. The lowest BCUT2D eigenvalue weighted by atomic mass is 10.1. The lowest BCUT2D eigenvalue weighted by Gasteiger charge is -2.08. The van der Waals surface area contributed by atoms with E-state index < -0.39 is 5.97 Å². The van der Waals surface area contributed by atoms with Gasteiger partial charge in [0.1, 0.15) is 10.8 Å². The Balaban J connectivity index is 1.77. The molecule has 0 aliphatic rings. The lowest BCUT2D eigenvalue weighted by Crippen LogP contribution is -2.21. The molecular weight excluding hydrogens is 490 g/mol. The molecule has 10 nitrogen and oxygen atoms in total. The summed E-state index contributed by atoms with van der Waals surface area (Å²) in [4.78, 5) is 39.4. The molecule has 1 N–H and O–H groups in total. The summed E-state index contributed by atoms with van der Waals surface area (Å²) < 4.78 is 12.0. The minimum Gasteiger partial charge on any atom is -0.497 e. The van der Waals surface area contributed by atoms with Crippen molar-refractivity contribution in [1.29, 1.82) is 0 Å². The molecule has 0 aliphatic carbocycles. The average Bonchev–Trinajstić information content (AvgIpc) is 3.41. The topological polar surface area (TPSA) is 116 Å². The van der Waals surface area contributed by atoms with Gasteiger partial charge in [-0.15, -0.1) is 21.5 Å². The van der Waals surface area contributed by atoms with Crippen molar-refractivity contribution in [3.8, 4) is 17.1 Å². The first-order valence-electron chi connectivity index (χ1n) is 10.6. The summed E-state index contributed by atoms with van der Waals surface area (Å²) >= 11 is 2.28. The molecule has 2 amide bonds. The van der Waals surface area contributed by atoms with Crippen molar-refractivity contribution in [2.24, 2.45) is 0 Å². The summed E-state index contributed by atoms with van der Waals surface area (Å²) in [6.07, 6.45) is 0. The van der Waals surface area contributed by atoms with Crippen LogP contribution in [-0.2, 0) is 16.1 Å². The molecule has 0 bridgehead atoms. The SMILES string of the molecule is CCn1c(SCC(=O)Nc2sc(C(=O)N(C)C)c(C)c2C(=O)OC)nnc1-c1ccc(OC)cc1. The monoisotopic (exact) mass is 517 g/mol. The second kappa shape index (κ2) is 11.4. The van der Waals surface area contributed by atoms with Crippen LogP contribution in [0.15, 0.2) is 29.4 Å². The highest BCUT2D eigenvalue weighted by atomic mass is 32.2. The molecule has 0 unspecified atom stereocenters. The number of carbonyl (C=O) groups excluding carboxylic acids is 3. The molecule has 3 aromatic rings. The van der Waals surface area contributed by atoms with Gasteiger partial charge in [-0.25, -0.2) is 4.79 Å². The van der Waals surface area contributed by atoms with Gasteiger partial charge in [-0.3, -0.25) is 9.59 Å². The van der Waals surface area contributed by atoms with E-state index >= 15 is 0 Å². The molecule has 2 aromatic heterocycles. The highest BCUT2D eigenvalue weighted by Gasteiger charge is 2.27. The van der Waals surface area contributed by atoms with Crippen LogP contribution in [0.2, 0.25) is 0 Å². The zero-order valence-corrected chi connectivity index (χ0v) is 22.0. The number of hydrogen-bond acceptors (Lipinski definition) is 9. The fourth-order valence-corrected chi connectivity index (χ4v) is 5.32. The summed E-state index contributed by atoms with van der Waals surface area (Å²) in [6.45, 7) is 4.25. The predicted molar refractivity (Wildman–Crippen MR) is 135 cm³/mol. The molecule has 0 saturated carbocycles. The summed E-state index contributed by atoms with van der Waals surface area (Å²) in [5.41, 5.74) is 1.53. The van der Waals surface area contributed by atoms with Crippen molar-refractivity contribution >= 4 is 45.9 Å². The van der Waals surface area contributed by atoms with Gasteiger partial charge in [-0.05, 0) is 43.7 Å². The number of nitrogens with zero attached hydrogens (tertiary/aromatic N) is 4. The maximum Gasteiger partial charge on any atom is 0.341 e. The molecular formula is C23H27N5O5S2. The number of thiophene rings is 1.